The van der Waals surface area contributed by atoms with E-state index in [0.29, 0.717) is 18.7 Å². The number of aromatic amines is 1. The van der Waals surface area contributed by atoms with E-state index in [0.717, 1.165) is 24.2 Å². The van der Waals surface area contributed by atoms with Crippen LogP contribution in [-0.4, -0.2) is 11.0 Å². The average molecular weight is 341 g/mol. The first-order chi connectivity index (χ1) is 11.3. The Hall–Kier alpha value is -2.71. The maximum Gasteiger partial charge on any atom is 0.417 e. The fourth-order valence-electron chi connectivity index (χ4n) is 2.69. The van der Waals surface area contributed by atoms with Crippen molar-refractivity contribution in [1.82, 2.24) is 10.3 Å². The second-order valence-corrected chi connectivity index (χ2v) is 5.47. The third-order valence-electron chi connectivity index (χ3n) is 3.84. The molecule has 0 aromatic carbocycles. The second-order valence-electron chi connectivity index (χ2n) is 5.47. The lowest BCUT2D eigenvalue weighted by Gasteiger charge is -2.22. The summed E-state index contributed by atoms with van der Waals surface area (Å²) in [5.41, 5.74) is -1.49. The van der Waals surface area contributed by atoms with Gasteiger partial charge >= 0.3 is 12.2 Å². The zero-order chi connectivity index (χ0) is 17.3. The fourth-order valence-corrected chi connectivity index (χ4v) is 2.69. The Bertz CT molecular complexity index is 810. The first kappa shape index (κ1) is 16.2. The van der Waals surface area contributed by atoms with Gasteiger partial charge in [-0.25, -0.2) is 4.79 Å². The predicted molar refractivity (Wildman–Crippen MR) is 78.6 cm³/mol. The Kier molecular flexibility index (Phi) is 4.08. The summed E-state index contributed by atoms with van der Waals surface area (Å²) in [5, 5.41) is 4.82. The number of hydrogen-bond acceptors (Lipinski definition) is 3. The summed E-state index contributed by atoms with van der Waals surface area (Å²) in [6.45, 7) is 0. The molecule has 3 rings (SSSR count). The number of furan rings is 1. The monoisotopic (exact) mass is 341 g/mol. The van der Waals surface area contributed by atoms with Crippen LogP contribution in [0.15, 0.2) is 33.8 Å². The molecule has 0 bridgehead atoms. The number of urea groups is 1. The average Bonchev–Trinajstić information content (AvgIpc) is 2.98. The first-order valence-corrected chi connectivity index (χ1v) is 7.28. The Labute approximate surface area is 134 Å². The van der Waals surface area contributed by atoms with Gasteiger partial charge in [-0.2, -0.15) is 13.2 Å². The number of nitrogens with one attached hydrogen (secondary N) is 3. The van der Waals surface area contributed by atoms with Crippen molar-refractivity contribution in [3.63, 3.8) is 0 Å². The molecule has 1 unspecified atom stereocenters. The summed E-state index contributed by atoms with van der Waals surface area (Å²) in [5.74, 6) is 0.781. The molecular formula is C15H14F3N3O3. The number of carbonyl (C=O) groups is 1. The number of amides is 2. The number of aromatic nitrogens is 1. The summed E-state index contributed by atoms with van der Waals surface area (Å²) < 4.78 is 43.3. The van der Waals surface area contributed by atoms with Crippen molar-refractivity contribution in [2.45, 2.75) is 31.5 Å². The van der Waals surface area contributed by atoms with E-state index in [1.165, 1.54) is 6.26 Å². The van der Waals surface area contributed by atoms with Crippen molar-refractivity contribution in [3.8, 4) is 0 Å². The zero-order valence-corrected chi connectivity index (χ0v) is 12.4. The van der Waals surface area contributed by atoms with Gasteiger partial charge in [-0.05, 0) is 25.0 Å². The van der Waals surface area contributed by atoms with E-state index < -0.39 is 29.0 Å². The minimum atomic E-state index is -4.62. The molecule has 3 N–H and O–H groups in total. The molecule has 2 aromatic heterocycles. The molecule has 128 valence electrons. The van der Waals surface area contributed by atoms with Crippen LogP contribution in [0.1, 0.15) is 35.8 Å². The van der Waals surface area contributed by atoms with Crippen LogP contribution in [0.25, 0.3) is 0 Å². The van der Waals surface area contributed by atoms with Crippen LogP contribution < -0.4 is 16.2 Å². The number of pyridine rings is 1. The highest BCUT2D eigenvalue weighted by atomic mass is 19.4. The Morgan fingerprint density at radius 1 is 1.38 bits per heavy atom. The van der Waals surface area contributed by atoms with Gasteiger partial charge in [-0.15, -0.1) is 0 Å². The van der Waals surface area contributed by atoms with Gasteiger partial charge in [0.15, 0.2) is 0 Å². The second kappa shape index (κ2) is 6.06. The molecule has 1 atom stereocenters. The van der Waals surface area contributed by atoms with Gasteiger partial charge < -0.3 is 20.0 Å². The van der Waals surface area contributed by atoms with Gasteiger partial charge in [0, 0.05) is 18.2 Å². The van der Waals surface area contributed by atoms with Crippen molar-refractivity contribution in [1.29, 1.82) is 0 Å². The molecule has 0 fully saturated rings. The van der Waals surface area contributed by atoms with E-state index in [1.807, 2.05) is 4.98 Å². The maximum absolute atomic E-state index is 12.7. The lowest BCUT2D eigenvalue weighted by Crippen LogP contribution is -2.35. The van der Waals surface area contributed by atoms with E-state index in [1.54, 1.807) is 6.07 Å². The molecule has 9 heteroatoms. The lowest BCUT2D eigenvalue weighted by molar-refractivity contribution is -0.137. The van der Waals surface area contributed by atoms with Gasteiger partial charge in [0.2, 0.25) is 0 Å². The van der Waals surface area contributed by atoms with Crippen LogP contribution >= 0.6 is 0 Å². The third-order valence-corrected chi connectivity index (χ3v) is 3.84. The van der Waals surface area contributed by atoms with E-state index >= 15 is 0 Å². The van der Waals surface area contributed by atoms with E-state index in [2.05, 4.69) is 10.6 Å². The molecule has 2 heterocycles. The quantitative estimate of drug-likeness (QED) is 0.784. The standard InChI is InChI=1S/C15H14F3N3O3/c16-15(17,18)8-6-11(13(22)19-7-8)21-14(23)20-10-2-1-3-12-9(10)4-5-24-12/h4-7,10H,1-3H2,(H,19,22)(H2,20,21,23). The van der Waals surface area contributed by atoms with Crippen molar-refractivity contribution >= 4 is 11.7 Å². The molecule has 6 nitrogen and oxygen atoms in total. The number of carbonyl (C=O) groups excluding carboxylic acids is 1. The summed E-state index contributed by atoms with van der Waals surface area (Å²) in [6.07, 6.45) is -0.263. The molecule has 0 saturated carbocycles. The molecular weight excluding hydrogens is 327 g/mol. The van der Waals surface area contributed by atoms with Crippen molar-refractivity contribution < 1.29 is 22.4 Å². The van der Waals surface area contributed by atoms with E-state index in [-0.39, 0.29) is 6.04 Å². The van der Waals surface area contributed by atoms with Gasteiger partial charge in [0.25, 0.3) is 5.56 Å². The molecule has 2 amide bonds. The number of aryl methyl sites for hydroxylation is 1. The van der Waals surface area contributed by atoms with Crippen LogP contribution in [-0.2, 0) is 12.6 Å². The van der Waals surface area contributed by atoms with Crippen LogP contribution in [0, 0.1) is 0 Å². The molecule has 0 saturated heterocycles. The van der Waals surface area contributed by atoms with Crippen molar-refractivity contribution in [2.75, 3.05) is 5.32 Å². The van der Waals surface area contributed by atoms with Crippen LogP contribution in [0.4, 0.5) is 23.7 Å². The number of H-pyrrole nitrogens is 1. The molecule has 1 aliphatic rings. The number of alkyl halides is 3. The topological polar surface area (TPSA) is 87.1 Å². The van der Waals surface area contributed by atoms with Crippen molar-refractivity contribution in [2.24, 2.45) is 0 Å². The SMILES string of the molecule is O=C(Nc1cc(C(F)(F)F)c[nH]c1=O)NC1CCCc2occc21. The summed E-state index contributed by atoms with van der Waals surface area (Å²) in [6, 6.07) is 1.29. The molecule has 2 aromatic rings. The highest BCUT2D eigenvalue weighted by Gasteiger charge is 2.31. The van der Waals surface area contributed by atoms with Crippen LogP contribution in [0.2, 0.25) is 0 Å². The number of anilines is 1. The number of rotatable bonds is 2. The summed E-state index contributed by atoms with van der Waals surface area (Å²) >= 11 is 0. The summed E-state index contributed by atoms with van der Waals surface area (Å²) in [4.78, 5) is 25.6. The number of hydrogen-bond donors (Lipinski definition) is 3. The molecule has 0 radical (unpaired) electrons. The number of fused-ring (bicyclic) bond motifs is 1. The highest BCUT2D eigenvalue weighted by Crippen LogP contribution is 2.31. The fraction of sp³-hybridized carbons (Fsp3) is 0.333. The van der Waals surface area contributed by atoms with Gasteiger partial charge in [0.05, 0.1) is 17.9 Å². The minimum absolute atomic E-state index is 0.308. The van der Waals surface area contributed by atoms with Gasteiger partial charge in [-0.1, -0.05) is 0 Å². The number of halogens is 3. The van der Waals surface area contributed by atoms with E-state index in [4.69, 9.17) is 4.42 Å². The maximum atomic E-state index is 12.7. The third kappa shape index (κ3) is 3.29. The molecule has 0 spiro atoms. The van der Waals surface area contributed by atoms with Crippen LogP contribution in [0.3, 0.4) is 0 Å². The zero-order valence-electron chi connectivity index (χ0n) is 12.4. The Balaban J connectivity index is 1.74. The summed E-state index contributed by atoms with van der Waals surface area (Å²) in [7, 11) is 0. The smallest absolute Gasteiger partial charge is 0.417 e. The Morgan fingerprint density at radius 3 is 2.92 bits per heavy atom. The lowest BCUT2D eigenvalue weighted by atomic mass is 9.93. The van der Waals surface area contributed by atoms with E-state index in [9.17, 15) is 22.8 Å². The van der Waals surface area contributed by atoms with Gasteiger partial charge in [0.1, 0.15) is 11.4 Å². The predicted octanol–water partition coefficient (Wildman–Crippen LogP) is 3.19. The first-order valence-electron chi connectivity index (χ1n) is 7.28. The Morgan fingerprint density at radius 2 is 2.17 bits per heavy atom. The molecule has 1 aliphatic carbocycles. The highest BCUT2D eigenvalue weighted by molar-refractivity contribution is 5.89. The van der Waals surface area contributed by atoms with Gasteiger partial charge in [-0.3, -0.25) is 4.79 Å². The normalized spacial score (nSPS) is 17.2. The minimum Gasteiger partial charge on any atom is -0.469 e. The molecule has 0 aliphatic heterocycles. The largest absolute Gasteiger partial charge is 0.469 e. The van der Waals surface area contributed by atoms with Crippen molar-refractivity contribution in [3.05, 3.63) is 51.8 Å². The molecule has 24 heavy (non-hydrogen) atoms. The van der Waals surface area contributed by atoms with Crippen LogP contribution in [0.5, 0.6) is 0 Å².